The number of esters is 1. The van der Waals surface area contributed by atoms with E-state index in [0.29, 0.717) is 0 Å². The summed E-state index contributed by atoms with van der Waals surface area (Å²) >= 11 is 0. The zero-order valence-corrected chi connectivity index (χ0v) is 13.4. The molecular formula is C17H22N2O4. The van der Waals surface area contributed by atoms with Gasteiger partial charge in [-0.25, -0.2) is 0 Å². The highest BCUT2D eigenvalue weighted by Crippen LogP contribution is 2.00. The normalized spacial score (nSPS) is 10.6. The summed E-state index contributed by atoms with van der Waals surface area (Å²) in [6.07, 6.45) is 3.10. The summed E-state index contributed by atoms with van der Waals surface area (Å²) in [6.45, 7) is 3.48. The van der Waals surface area contributed by atoms with Gasteiger partial charge in [-0.3, -0.25) is 14.4 Å². The van der Waals surface area contributed by atoms with Crippen molar-refractivity contribution in [3.05, 3.63) is 42.0 Å². The molecular weight excluding hydrogens is 296 g/mol. The van der Waals surface area contributed by atoms with Crippen molar-refractivity contribution in [1.29, 1.82) is 0 Å². The summed E-state index contributed by atoms with van der Waals surface area (Å²) in [4.78, 5) is 34.3. The second-order valence-electron chi connectivity index (χ2n) is 5.17. The molecule has 1 rings (SSSR count). The molecule has 0 saturated heterocycles. The van der Waals surface area contributed by atoms with Crippen molar-refractivity contribution in [2.45, 2.75) is 26.3 Å². The molecule has 0 saturated carbocycles. The lowest BCUT2D eigenvalue weighted by Crippen LogP contribution is -2.34. The zero-order valence-electron chi connectivity index (χ0n) is 13.4. The standard InChI is InChI=1S/C17H22N2O4/c1-13(2)19-16(21)12-23-17(22)10-11-18-15(20)9-8-14-6-4-3-5-7-14/h3-9,13H,10-12H2,1-2H3,(H,18,20)(H,19,21)/b9-8+. The SMILES string of the molecule is CC(C)NC(=O)COC(=O)CCNC(=O)/C=C/c1ccccc1. The van der Waals surface area contributed by atoms with Gasteiger partial charge in [-0.2, -0.15) is 0 Å². The van der Waals surface area contributed by atoms with Crippen molar-refractivity contribution in [1.82, 2.24) is 10.6 Å². The van der Waals surface area contributed by atoms with Crippen LogP contribution in [0.15, 0.2) is 36.4 Å². The molecule has 0 aliphatic rings. The van der Waals surface area contributed by atoms with Crippen molar-refractivity contribution in [3.8, 4) is 0 Å². The molecule has 124 valence electrons. The van der Waals surface area contributed by atoms with Gasteiger partial charge in [-0.05, 0) is 25.5 Å². The van der Waals surface area contributed by atoms with Crippen LogP contribution in [-0.2, 0) is 19.1 Å². The first-order valence-corrected chi connectivity index (χ1v) is 7.43. The largest absolute Gasteiger partial charge is 0.456 e. The first-order chi connectivity index (χ1) is 11.0. The average Bonchev–Trinajstić information content (AvgIpc) is 2.51. The Morgan fingerprint density at radius 3 is 2.52 bits per heavy atom. The van der Waals surface area contributed by atoms with Gasteiger partial charge in [0.1, 0.15) is 0 Å². The fourth-order valence-electron chi connectivity index (χ4n) is 1.66. The van der Waals surface area contributed by atoms with E-state index in [9.17, 15) is 14.4 Å². The third-order valence-electron chi connectivity index (χ3n) is 2.67. The van der Waals surface area contributed by atoms with E-state index in [4.69, 9.17) is 4.74 Å². The van der Waals surface area contributed by atoms with Crippen LogP contribution in [0.4, 0.5) is 0 Å². The second kappa shape index (κ2) is 10.2. The number of carbonyl (C=O) groups is 3. The van der Waals surface area contributed by atoms with Crippen LogP contribution in [0.25, 0.3) is 6.08 Å². The van der Waals surface area contributed by atoms with Crippen molar-refractivity contribution >= 4 is 23.9 Å². The van der Waals surface area contributed by atoms with Gasteiger partial charge in [-0.15, -0.1) is 0 Å². The predicted molar refractivity (Wildman–Crippen MR) is 87.3 cm³/mol. The van der Waals surface area contributed by atoms with Gasteiger partial charge < -0.3 is 15.4 Å². The highest BCUT2D eigenvalue weighted by molar-refractivity contribution is 5.91. The monoisotopic (exact) mass is 318 g/mol. The number of ether oxygens (including phenoxy) is 1. The maximum Gasteiger partial charge on any atom is 0.308 e. The molecule has 0 aliphatic heterocycles. The summed E-state index contributed by atoms with van der Waals surface area (Å²) in [5.41, 5.74) is 0.915. The van der Waals surface area contributed by atoms with Crippen LogP contribution in [0.2, 0.25) is 0 Å². The van der Waals surface area contributed by atoms with E-state index in [1.807, 2.05) is 44.2 Å². The first-order valence-electron chi connectivity index (χ1n) is 7.43. The van der Waals surface area contributed by atoms with E-state index in [0.717, 1.165) is 5.56 Å². The molecule has 6 heteroatoms. The van der Waals surface area contributed by atoms with Crippen LogP contribution in [0, 0.1) is 0 Å². The van der Waals surface area contributed by atoms with E-state index >= 15 is 0 Å². The number of benzene rings is 1. The molecule has 2 N–H and O–H groups in total. The van der Waals surface area contributed by atoms with E-state index in [2.05, 4.69) is 10.6 Å². The summed E-state index contributed by atoms with van der Waals surface area (Å²) in [5.74, 6) is -1.17. The van der Waals surface area contributed by atoms with Crippen LogP contribution in [0.1, 0.15) is 25.8 Å². The number of amides is 2. The van der Waals surface area contributed by atoms with Crippen molar-refractivity contribution < 1.29 is 19.1 Å². The van der Waals surface area contributed by atoms with Gasteiger partial charge in [-0.1, -0.05) is 30.3 Å². The molecule has 1 aromatic carbocycles. The smallest absolute Gasteiger partial charge is 0.308 e. The van der Waals surface area contributed by atoms with Crippen LogP contribution < -0.4 is 10.6 Å². The molecule has 6 nitrogen and oxygen atoms in total. The molecule has 1 aromatic rings. The molecule has 23 heavy (non-hydrogen) atoms. The van der Waals surface area contributed by atoms with E-state index in [1.165, 1.54) is 6.08 Å². The molecule has 0 fully saturated rings. The molecule has 0 radical (unpaired) electrons. The van der Waals surface area contributed by atoms with Gasteiger partial charge in [0.2, 0.25) is 5.91 Å². The minimum absolute atomic E-state index is 0.00288. The predicted octanol–water partition coefficient (Wildman–Crippen LogP) is 1.27. The Morgan fingerprint density at radius 1 is 1.17 bits per heavy atom. The molecule has 0 bridgehead atoms. The molecule has 0 unspecified atom stereocenters. The number of carbonyl (C=O) groups excluding carboxylic acids is 3. The minimum atomic E-state index is -0.531. The Hall–Kier alpha value is -2.63. The average molecular weight is 318 g/mol. The van der Waals surface area contributed by atoms with Crippen LogP contribution in [0.5, 0.6) is 0 Å². The summed E-state index contributed by atoms with van der Waals surface area (Å²) in [6, 6.07) is 9.40. The Bertz CT molecular complexity index is 553. The molecule has 0 aliphatic carbocycles. The number of rotatable bonds is 8. The Kier molecular flexibility index (Phi) is 8.13. The van der Waals surface area contributed by atoms with Gasteiger partial charge >= 0.3 is 5.97 Å². The lowest BCUT2D eigenvalue weighted by molar-refractivity contribution is -0.148. The molecule has 0 heterocycles. The van der Waals surface area contributed by atoms with E-state index in [1.54, 1.807) is 6.08 Å². The Balaban J connectivity index is 2.18. The third kappa shape index (κ3) is 9.08. The molecule has 0 atom stereocenters. The lowest BCUT2D eigenvalue weighted by atomic mass is 10.2. The first kappa shape index (κ1) is 18.4. The Morgan fingerprint density at radius 2 is 1.87 bits per heavy atom. The van der Waals surface area contributed by atoms with Gasteiger partial charge in [0.05, 0.1) is 6.42 Å². The van der Waals surface area contributed by atoms with E-state index in [-0.39, 0.29) is 37.4 Å². The topological polar surface area (TPSA) is 84.5 Å². The Labute approximate surface area is 135 Å². The van der Waals surface area contributed by atoms with Crippen molar-refractivity contribution in [2.75, 3.05) is 13.2 Å². The van der Waals surface area contributed by atoms with Crippen molar-refractivity contribution in [2.24, 2.45) is 0 Å². The highest BCUT2D eigenvalue weighted by Gasteiger charge is 2.08. The number of hydrogen-bond donors (Lipinski definition) is 2. The van der Waals surface area contributed by atoms with Crippen LogP contribution in [-0.4, -0.2) is 37.0 Å². The quantitative estimate of drug-likeness (QED) is 0.558. The fourth-order valence-corrected chi connectivity index (χ4v) is 1.66. The summed E-state index contributed by atoms with van der Waals surface area (Å²) in [7, 11) is 0. The fraction of sp³-hybridized carbons (Fsp3) is 0.353. The van der Waals surface area contributed by atoms with E-state index < -0.39 is 5.97 Å². The zero-order chi connectivity index (χ0) is 17.1. The maximum atomic E-state index is 11.6. The lowest BCUT2D eigenvalue weighted by Gasteiger charge is -2.08. The number of nitrogens with one attached hydrogen (secondary N) is 2. The molecule has 0 aromatic heterocycles. The number of hydrogen-bond acceptors (Lipinski definition) is 4. The minimum Gasteiger partial charge on any atom is -0.456 e. The third-order valence-corrected chi connectivity index (χ3v) is 2.67. The summed E-state index contributed by atoms with van der Waals surface area (Å²) < 4.78 is 4.80. The molecule has 0 spiro atoms. The van der Waals surface area contributed by atoms with Gasteiger partial charge in [0.25, 0.3) is 5.91 Å². The van der Waals surface area contributed by atoms with Crippen LogP contribution in [0.3, 0.4) is 0 Å². The molecule has 2 amide bonds. The van der Waals surface area contributed by atoms with Gasteiger partial charge in [0.15, 0.2) is 6.61 Å². The van der Waals surface area contributed by atoms with Gasteiger partial charge in [0, 0.05) is 18.7 Å². The summed E-state index contributed by atoms with van der Waals surface area (Å²) in [5, 5.41) is 5.19. The van der Waals surface area contributed by atoms with Crippen LogP contribution >= 0.6 is 0 Å². The maximum absolute atomic E-state index is 11.6. The van der Waals surface area contributed by atoms with Crippen molar-refractivity contribution in [3.63, 3.8) is 0 Å². The second-order valence-corrected chi connectivity index (χ2v) is 5.17. The highest BCUT2D eigenvalue weighted by atomic mass is 16.5.